The molecule has 3 heteroatoms. The van der Waals surface area contributed by atoms with Crippen molar-refractivity contribution in [2.24, 2.45) is 7.05 Å². The van der Waals surface area contributed by atoms with E-state index in [1.54, 1.807) is 11.7 Å². The topological polar surface area (TPSA) is 34.9 Å². The van der Waals surface area contributed by atoms with Crippen molar-refractivity contribution in [1.82, 2.24) is 9.78 Å². The van der Waals surface area contributed by atoms with Crippen LogP contribution in [0.25, 0.3) is 0 Å². The highest BCUT2D eigenvalue weighted by Crippen LogP contribution is 2.14. The van der Waals surface area contributed by atoms with Crippen molar-refractivity contribution in [2.45, 2.75) is 20.8 Å². The number of nitrogens with zero attached hydrogens (tertiary/aromatic N) is 2. The molecule has 0 aliphatic carbocycles. The van der Waals surface area contributed by atoms with Crippen LogP contribution in [0.5, 0.6) is 0 Å². The number of hydrogen-bond donors (Lipinski definition) is 0. The van der Waals surface area contributed by atoms with Crippen molar-refractivity contribution in [3.8, 4) is 0 Å². The van der Waals surface area contributed by atoms with Crippen LogP contribution in [-0.4, -0.2) is 15.6 Å². The van der Waals surface area contributed by atoms with Crippen LogP contribution in [0, 0.1) is 20.8 Å². The maximum Gasteiger partial charge on any atom is 0.211 e. The summed E-state index contributed by atoms with van der Waals surface area (Å²) in [6.45, 7) is 5.88. The number of benzene rings is 1. The molecule has 0 aliphatic heterocycles. The summed E-state index contributed by atoms with van der Waals surface area (Å²) < 4.78 is 1.63. The second-order valence-corrected chi connectivity index (χ2v) is 4.50. The van der Waals surface area contributed by atoms with Gasteiger partial charge in [0.15, 0.2) is 0 Å². The third-order valence-electron chi connectivity index (χ3n) is 2.72. The lowest BCUT2D eigenvalue weighted by Crippen LogP contribution is -2.08. The molecule has 88 valence electrons. The second-order valence-electron chi connectivity index (χ2n) is 4.50. The maximum atomic E-state index is 12.3. The van der Waals surface area contributed by atoms with Crippen LogP contribution in [0.2, 0.25) is 0 Å². The van der Waals surface area contributed by atoms with Crippen LogP contribution in [0.4, 0.5) is 0 Å². The van der Waals surface area contributed by atoms with Crippen molar-refractivity contribution in [3.05, 3.63) is 52.3 Å². The highest BCUT2D eigenvalue weighted by Gasteiger charge is 2.14. The predicted octanol–water partition coefficient (Wildman–Crippen LogP) is 2.58. The van der Waals surface area contributed by atoms with E-state index in [4.69, 9.17) is 0 Å². The van der Waals surface area contributed by atoms with E-state index in [2.05, 4.69) is 11.2 Å². The van der Waals surface area contributed by atoms with Gasteiger partial charge in [0, 0.05) is 12.6 Å². The minimum atomic E-state index is 0.0277. The molecule has 17 heavy (non-hydrogen) atoms. The number of aromatic nitrogens is 2. The van der Waals surface area contributed by atoms with Gasteiger partial charge in [-0.2, -0.15) is 5.10 Å². The van der Waals surface area contributed by atoms with Crippen molar-refractivity contribution in [3.63, 3.8) is 0 Å². The van der Waals surface area contributed by atoms with Gasteiger partial charge in [0.25, 0.3) is 0 Å². The minimum absolute atomic E-state index is 0.0277. The van der Waals surface area contributed by atoms with Gasteiger partial charge in [-0.05, 0) is 39.0 Å². The first kappa shape index (κ1) is 11.6. The van der Waals surface area contributed by atoms with E-state index in [1.165, 1.54) is 0 Å². The fourth-order valence-electron chi connectivity index (χ4n) is 2.08. The lowest BCUT2D eigenvalue weighted by atomic mass is 10.0. The first-order chi connectivity index (χ1) is 7.97. The van der Waals surface area contributed by atoms with Crippen LogP contribution in [0.1, 0.15) is 32.9 Å². The van der Waals surface area contributed by atoms with Crippen LogP contribution in [-0.2, 0) is 7.05 Å². The summed E-state index contributed by atoms with van der Waals surface area (Å²) in [5.41, 5.74) is 4.43. The van der Waals surface area contributed by atoms with E-state index in [-0.39, 0.29) is 5.78 Å². The summed E-state index contributed by atoms with van der Waals surface area (Å²) in [7, 11) is 1.79. The zero-order valence-corrected chi connectivity index (χ0v) is 10.6. The summed E-state index contributed by atoms with van der Waals surface area (Å²) in [4.78, 5) is 12.3. The Morgan fingerprint density at radius 2 is 1.65 bits per heavy atom. The van der Waals surface area contributed by atoms with Crippen molar-refractivity contribution in [2.75, 3.05) is 0 Å². The third-order valence-corrected chi connectivity index (χ3v) is 2.72. The van der Waals surface area contributed by atoms with Gasteiger partial charge in [-0.25, -0.2) is 0 Å². The predicted molar refractivity (Wildman–Crippen MR) is 67.3 cm³/mol. The van der Waals surface area contributed by atoms with E-state index < -0.39 is 0 Å². The zero-order chi connectivity index (χ0) is 12.6. The maximum absolute atomic E-state index is 12.3. The Labute approximate surface area is 101 Å². The molecule has 1 aromatic carbocycles. The Morgan fingerprint density at radius 1 is 1.06 bits per heavy atom. The fraction of sp³-hybridized carbons (Fsp3) is 0.286. The molecule has 1 heterocycles. The Kier molecular flexibility index (Phi) is 2.84. The smallest absolute Gasteiger partial charge is 0.211 e. The summed E-state index contributed by atoms with van der Waals surface area (Å²) >= 11 is 0. The average molecular weight is 228 g/mol. The lowest BCUT2D eigenvalue weighted by molar-refractivity contribution is 0.103. The van der Waals surface area contributed by atoms with Crippen LogP contribution in [0.15, 0.2) is 24.3 Å². The van der Waals surface area contributed by atoms with Gasteiger partial charge in [-0.3, -0.25) is 9.48 Å². The summed E-state index contributed by atoms with van der Waals surface area (Å²) in [5, 5.41) is 4.20. The molecule has 0 atom stereocenters. The first-order valence-electron chi connectivity index (χ1n) is 5.61. The van der Waals surface area contributed by atoms with Crippen molar-refractivity contribution < 1.29 is 4.79 Å². The standard InChI is InChI=1S/C14H16N2O/c1-9-5-10(2)7-12(6-9)14(17)13-8-11(3)15-16(13)4/h5-8H,1-4H3. The molecule has 3 nitrogen and oxygen atoms in total. The Bertz CT molecular complexity index is 562. The average Bonchev–Trinajstić information content (AvgIpc) is 2.55. The molecule has 0 amide bonds. The number of carbonyl (C=O) groups is 1. The number of rotatable bonds is 2. The molecule has 0 bridgehead atoms. The molecule has 2 aromatic rings. The van der Waals surface area contributed by atoms with Gasteiger partial charge in [-0.15, -0.1) is 0 Å². The summed E-state index contributed by atoms with van der Waals surface area (Å²) in [6, 6.07) is 7.71. The molecule has 0 spiro atoms. The van der Waals surface area contributed by atoms with E-state index in [9.17, 15) is 4.79 Å². The van der Waals surface area contributed by atoms with E-state index >= 15 is 0 Å². The summed E-state index contributed by atoms with van der Waals surface area (Å²) in [5.74, 6) is 0.0277. The van der Waals surface area contributed by atoms with Gasteiger partial charge in [0.05, 0.1) is 5.69 Å². The first-order valence-corrected chi connectivity index (χ1v) is 5.61. The SMILES string of the molecule is Cc1cc(C)cc(C(=O)c2cc(C)nn2C)c1. The third kappa shape index (κ3) is 2.28. The molecule has 0 N–H and O–H groups in total. The molecule has 0 radical (unpaired) electrons. The van der Waals surface area contributed by atoms with Gasteiger partial charge in [0.2, 0.25) is 5.78 Å². The molecule has 0 saturated heterocycles. The minimum Gasteiger partial charge on any atom is -0.287 e. The molecule has 0 aliphatic rings. The number of aryl methyl sites for hydroxylation is 4. The highest BCUT2D eigenvalue weighted by molar-refractivity contribution is 6.08. The zero-order valence-electron chi connectivity index (χ0n) is 10.6. The monoisotopic (exact) mass is 228 g/mol. The highest BCUT2D eigenvalue weighted by atomic mass is 16.1. The Balaban J connectivity index is 2.47. The van der Waals surface area contributed by atoms with Crippen molar-refractivity contribution >= 4 is 5.78 Å². The molecular formula is C14H16N2O. The fourth-order valence-corrected chi connectivity index (χ4v) is 2.08. The molecule has 1 aromatic heterocycles. The van der Waals surface area contributed by atoms with Crippen LogP contribution < -0.4 is 0 Å². The molecular weight excluding hydrogens is 212 g/mol. The van der Waals surface area contributed by atoms with Gasteiger partial charge < -0.3 is 0 Å². The van der Waals surface area contributed by atoms with E-state index in [0.29, 0.717) is 5.69 Å². The number of carbonyl (C=O) groups excluding carboxylic acids is 1. The van der Waals surface area contributed by atoms with E-state index in [0.717, 1.165) is 22.4 Å². The van der Waals surface area contributed by atoms with Crippen molar-refractivity contribution in [1.29, 1.82) is 0 Å². The number of ketones is 1. The van der Waals surface area contributed by atoms with Crippen LogP contribution in [0.3, 0.4) is 0 Å². The molecule has 0 saturated carbocycles. The normalized spacial score (nSPS) is 10.6. The van der Waals surface area contributed by atoms with Gasteiger partial charge in [-0.1, -0.05) is 17.2 Å². The molecule has 0 fully saturated rings. The van der Waals surface area contributed by atoms with Crippen LogP contribution >= 0.6 is 0 Å². The van der Waals surface area contributed by atoms with Gasteiger partial charge >= 0.3 is 0 Å². The second kappa shape index (κ2) is 4.17. The molecule has 2 rings (SSSR count). The Morgan fingerprint density at radius 3 is 2.12 bits per heavy atom. The number of hydrogen-bond acceptors (Lipinski definition) is 2. The Hall–Kier alpha value is -1.90. The van der Waals surface area contributed by atoms with E-state index in [1.807, 2.05) is 39.0 Å². The summed E-state index contributed by atoms with van der Waals surface area (Å²) in [6.07, 6.45) is 0. The largest absolute Gasteiger partial charge is 0.287 e. The lowest BCUT2D eigenvalue weighted by Gasteiger charge is -2.04. The van der Waals surface area contributed by atoms with Gasteiger partial charge in [0.1, 0.15) is 5.69 Å². The quantitative estimate of drug-likeness (QED) is 0.740. The molecule has 0 unspecified atom stereocenters.